The summed E-state index contributed by atoms with van der Waals surface area (Å²) in [4.78, 5) is 22.1. The third-order valence-electron chi connectivity index (χ3n) is 4.99. The SMILES string of the molecule is Cc1ccc(C)c(OCC(=O)N2CCN(Cc3nc(-c4cccs4)no3)CC2)c1. The first kappa shape index (κ1) is 19.6. The van der Waals surface area contributed by atoms with E-state index in [1.54, 1.807) is 11.3 Å². The zero-order chi connectivity index (χ0) is 20.2. The van der Waals surface area contributed by atoms with Crippen molar-refractivity contribution in [1.82, 2.24) is 19.9 Å². The van der Waals surface area contributed by atoms with Gasteiger partial charge in [0.25, 0.3) is 5.91 Å². The molecule has 0 spiro atoms. The van der Waals surface area contributed by atoms with Gasteiger partial charge in [-0.2, -0.15) is 4.98 Å². The molecule has 7 nitrogen and oxygen atoms in total. The van der Waals surface area contributed by atoms with Crippen LogP contribution in [0, 0.1) is 13.8 Å². The summed E-state index contributed by atoms with van der Waals surface area (Å²) >= 11 is 1.59. The van der Waals surface area contributed by atoms with E-state index in [2.05, 4.69) is 15.0 Å². The lowest BCUT2D eigenvalue weighted by Crippen LogP contribution is -2.49. The van der Waals surface area contributed by atoms with Crippen molar-refractivity contribution < 1.29 is 14.1 Å². The van der Waals surface area contributed by atoms with Gasteiger partial charge in [-0.15, -0.1) is 11.3 Å². The van der Waals surface area contributed by atoms with Gasteiger partial charge in [0.05, 0.1) is 11.4 Å². The van der Waals surface area contributed by atoms with Crippen molar-refractivity contribution in [2.24, 2.45) is 0 Å². The Morgan fingerprint density at radius 2 is 2.03 bits per heavy atom. The number of aromatic nitrogens is 2. The molecule has 1 aromatic carbocycles. The maximum atomic E-state index is 12.5. The Kier molecular flexibility index (Phi) is 5.92. The van der Waals surface area contributed by atoms with E-state index >= 15 is 0 Å². The first-order valence-corrected chi connectivity index (χ1v) is 10.5. The van der Waals surface area contributed by atoms with Gasteiger partial charge in [-0.3, -0.25) is 9.69 Å². The molecule has 1 aliphatic heterocycles. The molecule has 1 aliphatic rings. The lowest BCUT2D eigenvalue weighted by Gasteiger charge is -2.33. The maximum Gasteiger partial charge on any atom is 0.260 e. The van der Waals surface area contributed by atoms with E-state index < -0.39 is 0 Å². The van der Waals surface area contributed by atoms with Crippen LogP contribution in [0.3, 0.4) is 0 Å². The summed E-state index contributed by atoms with van der Waals surface area (Å²) in [5.74, 6) is 2.03. The second-order valence-corrected chi connectivity index (χ2v) is 8.15. The van der Waals surface area contributed by atoms with Crippen molar-refractivity contribution in [3.05, 3.63) is 52.7 Å². The Labute approximate surface area is 173 Å². The largest absolute Gasteiger partial charge is 0.483 e. The third kappa shape index (κ3) is 4.83. The fourth-order valence-corrected chi connectivity index (χ4v) is 3.91. The highest BCUT2D eigenvalue weighted by Crippen LogP contribution is 2.22. The second-order valence-electron chi connectivity index (χ2n) is 7.20. The number of carbonyl (C=O) groups is 1. The number of rotatable bonds is 6. The van der Waals surface area contributed by atoms with E-state index in [0.717, 1.165) is 34.8 Å². The van der Waals surface area contributed by atoms with E-state index in [1.807, 2.05) is 54.5 Å². The topological polar surface area (TPSA) is 71.7 Å². The Bertz CT molecular complexity index is 962. The molecule has 3 aromatic rings. The van der Waals surface area contributed by atoms with Crippen molar-refractivity contribution in [3.8, 4) is 16.5 Å². The first-order valence-electron chi connectivity index (χ1n) is 9.65. The number of piperazine rings is 1. The molecular formula is C21H24N4O3S. The Hall–Kier alpha value is -2.71. The lowest BCUT2D eigenvalue weighted by molar-refractivity contribution is -0.135. The molecule has 0 radical (unpaired) electrons. The quantitative estimate of drug-likeness (QED) is 0.619. The Balaban J connectivity index is 1.25. The van der Waals surface area contributed by atoms with Crippen molar-refractivity contribution in [3.63, 3.8) is 0 Å². The molecule has 152 valence electrons. The molecule has 0 N–H and O–H groups in total. The smallest absolute Gasteiger partial charge is 0.260 e. The molecule has 8 heteroatoms. The van der Waals surface area contributed by atoms with Crippen LogP contribution in [0.15, 0.2) is 40.2 Å². The summed E-state index contributed by atoms with van der Waals surface area (Å²) in [7, 11) is 0. The molecule has 3 heterocycles. The van der Waals surface area contributed by atoms with Crippen LogP contribution in [0.5, 0.6) is 5.75 Å². The molecule has 1 fully saturated rings. The predicted octanol–water partition coefficient (Wildman–Crippen LogP) is 3.14. The molecule has 2 aromatic heterocycles. The van der Waals surface area contributed by atoms with Crippen LogP contribution < -0.4 is 4.74 Å². The third-order valence-corrected chi connectivity index (χ3v) is 5.85. The van der Waals surface area contributed by atoms with Gasteiger partial charge in [-0.05, 0) is 42.5 Å². The number of thiophene rings is 1. The first-order chi connectivity index (χ1) is 14.1. The molecule has 1 saturated heterocycles. The Morgan fingerprint density at radius 3 is 2.79 bits per heavy atom. The zero-order valence-electron chi connectivity index (χ0n) is 16.6. The van der Waals surface area contributed by atoms with Gasteiger partial charge >= 0.3 is 0 Å². The van der Waals surface area contributed by atoms with Crippen molar-refractivity contribution in [1.29, 1.82) is 0 Å². The van der Waals surface area contributed by atoms with Crippen molar-refractivity contribution >= 4 is 17.2 Å². The summed E-state index contributed by atoms with van der Waals surface area (Å²) in [6.45, 7) is 7.54. The van der Waals surface area contributed by atoms with Crippen LogP contribution in [0.25, 0.3) is 10.7 Å². The van der Waals surface area contributed by atoms with Gasteiger partial charge in [-0.1, -0.05) is 23.4 Å². The standard InChI is InChI=1S/C21H24N4O3S/c1-15-5-6-16(2)17(12-15)27-14-20(26)25-9-7-24(8-10-25)13-19-22-21(23-28-19)18-4-3-11-29-18/h3-6,11-12H,7-10,13-14H2,1-2H3. The van der Waals surface area contributed by atoms with Gasteiger partial charge < -0.3 is 14.2 Å². The number of hydrogen-bond acceptors (Lipinski definition) is 7. The monoisotopic (exact) mass is 412 g/mol. The molecular weight excluding hydrogens is 388 g/mol. The fourth-order valence-electron chi connectivity index (χ4n) is 3.27. The Morgan fingerprint density at radius 1 is 1.21 bits per heavy atom. The molecule has 0 atom stereocenters. The average molecular weight is 413 g/mol. The van der Waals surface area contributed by atoms with Gasteiger partial charge in [0.1, 0.15) is 5.75 Å². The fraction of sp³-hybridized carbons (Fsp3) is 0.381. The average Bonchev–Trinajstić information content (AvgIpc) is 3.41. The highest BCUT2D eigenvalue weighted by atomic mass is 32.1. The highest BCUT2D eigenvalue weighted by Gasteiger charge is 2.23. The van der Waals surface area contributed by atoms with Crippen LogP contribution in [-0.2, 0) is 11.3 Å². The molecule has 0 bridgehead atoms. The number of carbonyl (C=O) groups excluding carboxylic acids is 1. The summed E-state index contributed by atoms with van der Waals surface area (Å²) in [5, 5.41) is 6.04. The van der Waals surface area contributed by atoms with Gasteiger partial charge in [0.2, 0.25) is 11.7 Å². The minimum Gasteiger partial charge on any atom is -0.483 e. The summed E-state index contributed by atoms with van der Waals surface area (Å²) in [5.41, 5.74) is 2.16. The van der Waals surface area contributed by atoms with Gasteiger partial charge in [-0.25, -0.2) is 0 Å². The number of ether oxygens (including phenoxy) is 1. The number of aryl methyl sites for hydroxylation is 2. The van der Waals surface area contributed by atoms with E-state index in [1.165, 1.54) is 0 Å². The minimum absolute atomic E-state index is 0.0170. The summed E-state index contributed by atoms with van der Waals surface area (Å²) in [6, 6.07) is 9.96. The minimum atomic E-state index is 0.0170. The van der Waals surface area contributed by atoms with Gasteiger partial charge in [0, 0.05) is 26.2 Å². The normalized spacial score (nSPS) is 14.9. The van der Waals surface area contributed by atoms with Crippen molar-refractivity contribution in [2.45, 2.75) is 20.4 Å². The van der Waals surface area contributed by atoms with Crippen LogP contribution in [0.1, 0.15) is 17.0 Å². The molecule has 4 rings (SSSR count). The number of amides is 1. The second kappa shape index (κ2) is 8.75. The van der Waals surface area contributed by atoms with E-state index in [9.17, 15) is 4.79 Å². The molecule has 0 saturated carbocycles. The number of nitrogens with zero attached hydrogens (tertiary/aromatic N) is 4. The number of hydrogen-bond donors (Lipinski definition) is 0. The molecule has 29 heavy (non-hydrogen) atoms. The van der Waals surface area contributed by atoms with E-state index in [4.69, 9.17) is 9.26 Å². The van der Waals surface area contributed by atoms with Gasteiger partial charge in [0.15, 0.2) is 6.61 Å². The highest BCUT2D eigenvalue weighted by molar-refractivity contribution is 7.13. The van der Waals surface area contributed by atoms with Crippen LogP contribution in [-0.4, -0.2) is 58.6 Å². The predicted molar refractivity (Wildman–Crippen MR) is 111 cm³/mol. The lowest BCUT2D eigenvalue weighted by atomic mass is 10.1. The molecule has 0 unspecified atom stereocenters. The van der Waals surface area contributed by atoms with Crippen LogP contribution in [0.4, 0.5) is 0 Å². The van der Waals surface area contributed by atoms with E-state index in [-0.39, 0.29) is 12.5 Å². The number of benzene rings is 1. The zero-order valence-corrected chi connectivity index (χ0v) is 17.4. The molecule has 1 amide bonds. The molecule has 0 aliphatic carbocycles. The van der Waals surface area contributed by atoms with Crippen molar-refractivity contribution in [2.75, 3.05) is 32.8 Å². The maximum absolute atomic E-state index is 12.5. The summed E-state index contributed by atoms with van der Waals surface area (Å²) < 4.78 is 11.1. The van der Waals surface area contributed by atoms with Crippen LogP contribution >= 0.6 is 11.3 Å². The van der Waals surface area contributed by atoms with Crippen LogP contribution in [0.2, 0.25) is 0 Å². The summed E-state index contributed by atoms with van der Waals surface area (Å²) in [6.07, 6.45) is 0. The van der Waals surface area contributed by atoms with E-state index in [0.29, 0.717) is 31.3 Å².